The van der Waals surface area contributed by atoms with Crippen LogP contribution >= 0.6 is 0 Å². The van der Waals surface area contributed by atoms with Crippen molar-refractivity contribution in [1.82, 2.24) is 9.55 Å². The molecule has 0 spiro atoms. The van der Waals surface area contributed by atoms with Crippen molar-refractivity contribution in [2.45, 2.75) is 13.0 Å². The van der Waals surface area contributed by atoms with Crippen LogP contribution in [0.5, 0.6) is 5.75 Å². The molecule has 1 aromatic carbocycles. The smallest absolute Gasteiger partial charge is 0.341 e. The lowest BCUT2D eigenvalue weighted by Gasteiger charge is -2.18. The Bertz CT molecular complexity index is 846. The van der Waals surface area contributed by atoms with Gasteiger partial charge in [0.05, 0.1) is 5.52 Å². The summed E-state index contributed by atoms with van der Waals surface area (Å²) in [7, 11) is 2.04. The lowest BCUT2D eigenvalue weighted by molar-refractivity contribution is -0.139. The Labute approximate surface area is 146 Å². The van der Waals surface area contributed by atoms with Gasteiger partial charge >= 0.3 is 5.97 Å². The monoisotopic (exact) mass is 339 g/mol. The Kier molecular flexibility index (Phi) is 5.18. The van der Waals surface area contributed by atoms with Crippen LogP contribution in [0.15, 0.2) is 54.9 Å². The number of benzene rings is 1. The zero-order valence-corrected chi connectivity index (χ0v) is 14.1. The first-order valence-electron chi connectivity index (χ1n) is 8.20. The molecule has 2 heterocycles. The Hall–Kier alpha value is -3.02. The van der Waals surface area contributed by atoms with Gasteiger partial charge in [-0.3, -0.25) is 0 Å². The van der Waals surface area contributed by atoms with Crippen molar-refractivity contribution in [2.24, 2.45) is 0 Å². The quantitative estimate of drug-likeness (QED) is 0.683. The number of rotatable bonds is 8. The number of hydrogen-bond donors (Lipinski definition) is 1. The van der Waals surface area contributed by atoms with Crippen molar-refractivity contribution in [1.29, 1.82) is 0 Å². The van der Waals surface area contributed by atoms with Crippen LogP contribution in [0.1, 0.15) is 6.42 Å². The standard InChI is InChI=1S/C19H21N3O3/c1-21(18-8-2-3-10-20-18)11-5-12-22-13-9-15-16(22)6-4-7-17(15)25-14-19(23)24/h2-4,6-10,13H,5,11-12,14H2,1H3,(H,23,24). The minimum atomic E-state index is -0.978. The van der Waals surface area contributed by atoms with Gasteiger partial charge in [-0.2, -0.15) is 0 Å². The number of nitrogens with zero attached hydrogens (tertiary/aromatic N) is 3. The maximum absolute atomic E-state index is 10.7. The average Bonchev–Trinajstić information content (AvgIpc) is 3.04. The highest BCUT2D eigenvalue weighted by Crippen LogP contribution is 2.26. The first-order valence-corrected chi connectivity index (χ1v) is 8.20. The maximum Gasteiger partial charge on any atom is 0.341 e. The Morgan fingerprint density at radius 2 is 2.12 bits per heavy atom. The number of fused-ring (bicyclic) bond motifs is 1. The Morgan fingerprint density at radius 1 is 1.24 bits per heavy atom. The van der Waals surface area contributed by atoms with E-state index in [9.17, 15) is 4.79 Å². The number of aryl methyl sites for hydroxylation is 1. The molecule has 3 rings (SSSR count). The molecule has 0 unspecified atom stereocenters. The minimum absolute atomic E-state index is 0.334. The molecule has 0 saturated carbocycles. The van der Waals surface area contributed by atoms with Crippen LogP contribution in [0.2, 0.25) is 0 Å². The highest BCUT2D eigenvalue weighted by molar-refractivity contribution is 5.86. The van der Waals surface area contributed by atoms with Gasteiger partial charge in [-0.1, -0.05) is 12.1 Å². The van der Waals surface area contributed by atoms with Gasteiger partial charge in [0.15, 0.2) is 6.61 Å². The average molecular weight is 339 g/mol. The third-order valence-corrected chi connectivity index (χ3v) is 4.06. The lowest BCUT2D eigenvalue weighted by Crippen LogP contribution is -2.20. The molecule has 0 aliphatic rings. The molecule has 0 aliphatic carbocycles. The zero-order valence-electron chi connectivity index (χ0n) is 14.1. The number of aromatic nitrogens is 2. The molecule has 6 nitrogen and oxygen atoms in total. The van der Waals surface area contributed by atoms with Crippen molar-refractivity contribution >= 4 is 22.7 Å². The van der Waals surface area contributed by atoms with E-state index in [2.05, 4.69) is 14.5 Å². The highest BCUT2D eigenvalue weighted by atomic mass is 16.5. The van der Waals surface area contributed by atoms with Crippen molar-refractivity contribution in [3.05, 3.63) is 54.9 Å². The van der Waals surface area contributed by atoms with E-state index in [1.165, 1.54) is 0 Å². The molecule has 0 fully saturated rings. The van der Waals surface area contributed by atoms with Gasteiger partial charge in [0, 0.05) is 37.9 Å². The van der Waals surface area contributed by atoms with Crippen LogP contribution in [0.4, 0.5) is 5.82 Å². The van der Waals surface area contributed by atoms with Gasteiger partial charge in [0.2, 0.25) is 0 Å². The van der Waals surface area contributed by atoms with Crippen LogP contribution in [0.3, 0.4) is 0 Å². The van der Waals surface area contributed by atoms with Gasteiger partial charge in [-0.05, 0) is 36.8 Å². The Balaban J connectivity index is 1.64. The number of hydrogen-bond acceptors (Lipinski definition) is 4. The van der Waals surface area contributed by atoms with Crippen LogP contribution < -0.4 is 9.64 Å². The molecule has 130 valence electrons. The SMILES string of the molecule is CN(CCCn1ccc2c(OCC(=O)O)cccc21)c1ccccn1. The summed E-state index contributed by atoms with van der Waals surface area (Å²) in [5, 5.41) is 9.71. The number of pyridine rings is 1. The van der Waals surface area contributed by atoms with Crippen molar-refractivity contribution in [2.75, 3.05) is 25.1 Å². The largest absolute Gasteiger partial charge is 0.481 e. The third-order valence-electron chi connectivity index (χ3n) is 4.06. The molecule has 6 heteroatoms. The number of aliphatic carboxylic acids is 1. The molecule has 3 aromatic rings. The van der Waals surface area contributed by atoms with Gasteiger partial charge in [-0.15, -0.1) is 0 Å². The molecule has 1 N–H and O–H groups in total. The molecular weight excluding hydrogens is 318 g/mol. The van der Waals surface area contributed by atoms with E-state index in [1.807, 2.05) is 49.6 Å². The molecule has 0 radical (unpaired) electrons. The number of carboxylic acids is 1. The van der Waals surface area contributed by atoms with Crippen LogP contribution in [-0.2, 0) is 11.3 Å². The van der Waals surface area contributed by atoms with Crippen molar-refractivity contribution in [3.63, 3.8) is 0 Å². The topological polar surface area (TPSA) is 67.6 Å². The lowest BCUT2D eigenvalue weighted by atomic mass is 10.2. The van der Waals surface area contributed by atoms with Crippen molar-refractivity contribution in [3.8, 4) is 5.75 Å². The Morgan fingerprint density at radius 3 is 2.88 bits per heavy atom. The molecule has 0 bridgehead atoms. The van der Waals surface area contributed by atoms with E-state index in [0.717, 1.165) is 36.2 Å². The summed E-state index contributed by atoms with van der Waals surface area (Å²) in [4.78, 5) is 17.2. The molecule has 0 atom stereocenters. The van der Waals surface area contributed by atoms with Crippen LogP contribution in [-0.4, -0.2) is 40.8 Å². The fraction of sp³-hybridized carbons (Fsp3) is 0.263. The summed E-state index contributed by atoms with van der Waals surface area (Å²) in [6.07, 6.45) is 4.78. The van der Waals surface area contributed by atoms with Gasteiger partial charge < -0.3 is 19.3 Å². The summed E-state index contributed by atoms with van der Waals surface area (Å²) >= 11 is 0. The van der Waals surface area contributed by atoms with Crippen molar-refractivity contribution < 1.29 is 14.6 Å². The molecule has 2 aromatic heterocycles. The highest BCUT2D eigenvalue weighted by Gasteiger charge is 2.08. The second-order valence-corrected chi connectivity index (χ2v) is 5.84. The number of ether oxygens (including phenoxy) is 1. The summed E-state index contributed by atoms with van der Waals surface area (Å²) < 4.78 is 7.53. The normalized spacial score (nSPS) is 10.8. The number of carbonyl (C=O) groups is 1. The molecule has 0 aliphatic heterocycles. The fourth-order valence-electron chi connectivity index (χ4n) is 2.83. The predicted molar refractivity (Wildman–Crippen MR) is 97.2 cm³/mol. The van der Waals surface area contributed by atoms with E-state index in [1.54, 1.807) is 12.3 Å². The van der Waals surface area contributed by atoms with Crippen LogP contribution in [0, 0.1) is 0 Å². The fourth-order valence-corrected chi connectivity index (χ4v) is 2.83. The third kappa shape index (κ3) is 4.09. The van der Waals surface area contributed by atoms with Gasteiger partial charge in [0.1, 0.15) is 11.6 Å². The van der Waals surface area contributed by atoms with Gasteiger partial charge in [0.25, 0.3) is 0 Å². The molecule has 25 heavy (non-hydrogen) atoms. The van der Waals surface area contributed by atoms with E-state index in [-0.39, 0.29) is 6.61 Å². The molecule has 0 saturated heterocycles. The van der Waals surface area contributed by atoms with E-state index < -0.39 is 5.97 Å². The second-order valence-electron chi connectivity index (χ2n) is 5.84. The summed E-state index contributed by atoms with van der Waals surface area (Å²) in [6.45, 7) is 1.42. The molecular formula is C19H21N3O3. The maximum atomic E-state index is 10.7. The first kappa shape index (κ1) is 16.8. The van der Waals surface area contributed by atoms with E-state index in [4.69, 9.17) is 9.84 Å². The van der Waals surface area contributed by atoms with E-state index in [0.29, 0.717) is 5.75 Å². The summed E-state index contributed by atoms with van der Waals surface area (Å²) in [6, 6.07) is 13.6. The summed E-state index contributed by atoms with van der Waals surface area (Å²) in [5.41, 5.74) is 1.04. The van der Waals surface area contributed by atoms with E-state index >= 15 is 0 Å². The number of anilines is 1. The zero-order chi connectivity index (χ0) is 17.6. The van der Waals surface area contributed by atoms with Crippen LogP contribution in [0.25, 0.3) is 10.9 Å². The predicted octanol–water partition coefficient (Wildman–Crippen LogP) is 3.03. The minimum Gasteiger partial charge on any atom is -0.481 e. The second kappa shape index (κ2) is 7.70. The first-order chi connectivity index (χ1) is 12.1. The number of carboxylic acid groups (broad SMARTS) is 1. The molecule has 0 amide bonds. The van der Waals surface area contributed by atoms with Gasteiger partial charge in [-0.25, -0.2) is 9.78 Å². The summed E-state index contributed by atoms with van der Waals surface area (Å²) in [5.74, 6) is 0.586.